The summed E-state index contributed by atoms with van der Waals surface area (Å²) in [6.07, 6.45) is 3.65. The second-order valence-electron chi connectivity index (χ2n) is 2.76. The highest BCUT2D eigenvalue weighted by Crippen LogP contribution is 2.21. The maximum atomic E-state index is 11.1. The monoisotopic (exact) mass is 309 g/mol. The molecule has 0 atom stereocenters. The van der Waals surface area contributed by atoms with Crippen molar-refractivity contribution in [3.05, 3.63) is 26.9 Å². The lowest BCUT2D eigenvalue weighted by molar-refractivity contribution is -0.114. The second kappa shape index (κ2) is 4.91. The van der Waals surface area contributed by atoms with Gasteiger partial charge in [-0.25, -0.2) is 13.1 Å². The second-order valence-corrected chi connectivity index (χ2v) is 6.79. The number of halogens is 1. The maximum Gasteiger partial charge on any atom is 0.257 e. The predicted molar refractivity (Wildman–Crippen MR) is 64.0 cm³/mol. The van der Waals surface area contributed by atoms with Crippen LogP contribution in [0.5, 0.6) is 0 Å². The minimum absolute atomic E-state index is 0.653. The van der Waals surface area contributed by atoms with E-state index in [4.69, 9.17) is 0 Å². The fourth-order valence-electron chi connectivity index (χ4n) is 0.799. The van der Waals surface area contributed by atoms with Gasteiger partial charge >= 0.3 is 0 Å². The van der Waals surface area contributed by atoms with E-state index >= 15 is 0 Å². The van der Waals surface area contributed by atoms with Crippen LogP contribution in [0.4, 0.5) is 0 Å². The van der Waals surface area contributed by atoms with Crippen molar-refractivity contribution in [1.29, 1.82) is 0 Å². The van der Waals surface area contributed by atoms with Crippen LogP contribution in [0.2, 0.25) is 0 Å². The van der Waals surface area contributed by atoms with Crippen molar-refractivity contribution in [3.63, 3.8) is 0 Å². The van der Waals surface area contributed by atoms with E-state index in [0.29, 0.717) is 0 Å². The number of hydrogen-bond donors (Lipinski definition) is 1. The van der Waals surface area contributed by atoms with Gasteiger partial charge in [-0.2, -0.15) is 0 Å². The summed E-state index contributed by atoms with van der Waals surface area (Å²) in [7, 11) is -3.48. The van der Waals surface area contributed by atoms with Crippen molar-refractivity contribution in [3.8, 4) is 0 Å². The third-order valence-corrected chi connectivity index (χ3v) is 3.40. The summed E-state index contributed by atoms with van der Waals surface area (Å²) in [6, 6.07) is 1.83. The lowest BCUT2D eigenvalue weighted by Crippen LogP contribution is -2.27. The molecule has 1 amide bonds. The molecule has 82 valence electrons. The van der Waals surface area contributed by atoms with Crippen molar-refractivity contribution in [2.24, 2.45) is 0 Å². The molecule has 0 bridgehead atoms. The first kappa shape index (κ1) is 12.4. The molecule has 0 saturated carbocycles. The van der Waals surface area contributed by atoms with Crippen molar-refractivity contribution < 1.29 is 13.2 Å². The normalized spacial score (nSPS) is 11.9. The first-order chi connectivity index (χ1) is 6.87. The van der Waals surface area contributed by atoms with Gasteiger partial charge in [0, 0.05) is 6.08 Å². The molecule has 1 N–H and O–H groups in total. The predicted octanol–water partition coefficient (Wildman–Crippen LogP) is 1.60. The van der Waals surface area contributed by atoms with Gasteiger partial charge in [0.1, 0.15) is 0 Å². The minimum Gasteiger partial charge on any atom is -0.269 e. The van der Waals surface area contributed by atoms with Crippen molar-refractivity contribution in [2.45, 2.75) is 0 Å². The van der Waals surface area contributed by atoms with Gasteiger partial charge in [-0.3, -0.25) is 4.79 Å². The molecule has 0 aliphatic carbocycles. The molecule has 0 aliphatic heterocycles. The van der Waals surface area contributed by atoms with Crippen molar-refractivity contribution in [2.75, 3.05) is 6.26 Å². The van der Waals surface area contributed by atoms with E-state index in [-0.39, 0.29) is 0 Å². The Hall–Kier alpha value is -0.660. The topological polar surface area (TPSA) is 63.2 Å². The zero-order valence-electron chi connectivity index (χ0n) is 7.73. The van der Waals surface area contributed by atoms with Crippen LogP contribution in [0.15, 0.2) is 21.3 Å². The number of carbonyl (C=O) groups is 1. The number of rotatable bonds is 3. The average Bonchev–Trinajstić information content (AvgIpc) is 2.45. The molecule has 0 spiro atoms. The van der Waals surface area contributed by atoms with Crippen molar-refractivity contribution in [1.82, 2.24) is 4.72 Å². The van der Waals surface area contributed by atoms with Crippen LogP contribution < -0.4 is 4.72 Å². The zero-order chi connectivity index (χ0) is 11.5. The molecule has 0 fully saturated rings. The summed E-state index contributed by atoms with van der Waals surface area (Å²) in [5.41, 5.74) is 0.843. The van der Waals surface area contributed by atoms with Gasteiger partial charge < -0.3 is 0 Å². The Morgan fingerprint density at radius 1 is 1.60 bits per heavy atom. The summed E-state index contributed by atoms with van der Waals surface area (Å²) in [5, 5.41) is 1.84. The number of sulfonamides is 1. The third kappa shape index (κ3) is 5.10. The highest BCUT2D eigenvalue weighted by Gasteiger charge is 2.04. The zero-order valence-corrected chi connectivity index (χ0v) is 10.9. The Morgan fingerprint density at radius 2 is 2.27 bits per heavy atom. The van der Waals surface area contributed by atoms with Crippen LogP contribution >= 0.6 is 27.3 Å². The first-order valence-corrected chi connectivity index (χ1v) is 7.37. The number of nitrogens with one attached hydrogen (secondary N) is 1. The maximum absolute atomic E-state index is 11.1. The molecule has 1 aromatic heterocycles. The quantitative estimate of drug-likeness (QED) is 0.863. The van der Waals surface area contributed by atoms with Gasteiger partial charge in [-0.1, -0.05) is 0 Å². The van der Waals surface area contributed by atoms with E-state index in [1.165, 1.54) is 17.4 Å². The van der Waals surface area contributed by atoms with Gasteiger partial charge in [0.2, 0.25) is 10.0 Å². The van der Waals surface area contributed by atoms with Crippen LogP contribution in [0.25, 0.3) is 6.08 Å². The Labute approximate surface area is 100 Å². The molecular weight excluding hydrogens is 302 g/mol. The third-order valence-electron chi connectivity index (χ3n) is 1.30. The summed E-state index contributed by atoms with van der Waals surface area (Å²) in [5.74, 6) is -0.653. The molecule has 1 rings (SSSR count). The van der Waals surface area contributed by atoms with E-state index in [1.807, 2.05) is 16.2 Å². The van der Waals surface area contributed by atoms with Gasteiger partial charge in [-0.05, 0) is 39.0 Å². The molecule has 1 heterocycles. The number of amides is 1. The van der Waals surface area contributed by atoms with Crippen LogP contribution in [0.1, 0.15) is 5.56 Å². The Kier molecular flexibility index (Phi) is 4.06. The highest BCUT2D eigenvalue weighted by atomic mass is 79.9. The minimum atomic E-state index is -3.48. The molecule has 4 nitrogen and oxygen atoms in total. The summed E-state index contributed by atoms with van der Waals surface area (Å²) in [4.78, 5) is 11.1. The molecule has 0 radical (unpaired) electrons. The van der Waals surface area contributed by atoms with E-state index in [2.05, 4.69) is 15.9 Å². The number of carbonyl (C=O) groups excluding carboxylic acids is 1. The summed E-state index contributed by atoms with van der Waals surface area (Å²) in [6.45, 7) is 0. The lowest BCUT2D eigenvalue weighted by Gasteiger charge is -1.95. The van der Waals surface area contributed by atoms with Gasteiger partial charge in [0.25, 0.3) is 5.91 Å². The SMILES string of the molecule is CS(=O)(=O)NC(=O)C=Cc1csc(Br)c1. The molecule has 0 unspecified atom stereocenters. The van der Waals surface area contributed by atoms with Crippen LogP contribution in [-0.4, -0.2) is 20.6 Å². The lowest BCUT2D eigenvalue weighted by atomic mass is 10.3. The number of thiophene rings is 1. The van der Waals surface area contributed by atoms with E-state index < -0.39 is 15.9 Å². The molecular formula is C8H8BrNO3S2. The molecule has 0 aliphatic rings. The molecule has 0 aromatic carbocycles. The smallest absolute Gasteiger partial charge is 0.257 e. The molecule has 1 aromatic rings. The fourth-order valence-corrected chi connectivity index (χ4v) is 2.38. The van der Waals surface area contributed by atoms with Gasteiger partial charge in [0.15, 0.2) is 0 Å². The summed E-state index contributed by atoms with van der Waals surface area (Å²) < 4.78 is 24.2. The largest absolute Gasteiger partial charge is 0.269 e. The summed E-state index contributed by atoms with van der Waals surface area (Å²) >= 11 is 4.76. The van der Waals surface area contributed by atoms with Crippen molar-refractivity contribution >= 4 is 49.3 Å². The van der Waals surface area contributed by atoms with E-state index in [1.54, 1.807) is 6.08 Å². The van der Waals surface area contributed by atoms with Crippen LogP contribution in [0.3, 0.4) is 0 Å². The van der Waals surface area contributed by atoms with Crippen LogP contribution in [-0.2, 0) is 14.8 Å². The molecule has 7 heteroatoms. The Balaban J connectivity index is 2.63. The fraction of sp³-hybridized carbons (Fsp3) is 0.125. The highest BCUT2D eigenvalue weighted by molar-refractivity contribution is 9.11. The van der Waals surface area contributed by atoms with Gasteiger partial charge in [-0.15, -0.1) is 11.3 Å². The first-order valence-electron chi connectivity index (χ1n) is 3.81. The van der Waals surface area contributed by atoms with E-state index in [9.17, 15) is 13.2 Å². The average molecular weight is 310 g/mol. The Bertz CT molecular complexity index is 490. The van der Waals surface area contributed by atoms with Gasteiger partial charge in [0.05, 0.1) is 10.0 Å². The van der Waals surface area contributed by atoms with Crippen LogP contribution in [0, 0.1) is 0 Å². The molecule has 15 heavy (non-hydrogen) atoms. The van der Waals surface area contributed by atoms with E-state index in [0.717, 1.165) is 15.6 Å². The molecule has 0 saturated heterocycles. The standard InChI is InChI=1S/C8H8BrNO3S2/c1-15(12,13)10-8(11)3-2-6-4-7(9)14-5-6/h2-5H,1H3,(H,10,11). The number of hydrogen-bond acceptors (Lipinski definition) is 4. The Morgan fingerprint density at radius 3 is 2.73 bits per heavy atom.